The third-order valence-corrected chi connectivity index (χ3v) is 5.44. The van der Waals surface area contributed by atoms with Crippen molar-refractivity contribution in [3.05, 3.63) is 108 Å². The van der Waals surface area contributed by atoms with Crippen LogP contribution in [-0.2, 0) is 23.3 Å². The molecule has 4 heteroatoms. The Bertz CT molecular complexity index is 1320. The molecular formula is C30H28Cl2SiZr-2. The van der Waals surface area contributed by atoms with E-state index in [0.717, 1.165) is 0 Å². The molecule has 0 aliphatic heterocycles. The van der Waals surface area contributed by atoms with Crippen LogP contribution in [0.3, 0.4) is 0 Å². The number of benzene rings is 4. The molecule has 0 fully saturated rings. The van der Waals surface area contributed by atoms with E-state index in [-0.39, 0.29) is 30.2 Å². The zero-order valence-corrected chi connectivity index (χ0v) is 25.0. The molecule has 6 rings (SSSR count). The largest absolute Gasteiger partial charge is 1.00 e. The van der Waals surface area contributed by atoms with Crippen molar-refractivity contribution in [3.8, 4) is 0 Å². The van der Waals surface area contributed by atoms with Gasteiger partial charge in [-0.15, -0.1) is 56.9 Å². The minimum atomic E-state index is 0. The molecule has 172 valence electrons. The van der Waals surface area contributed by atoms with Gasteiger partial charge in [0, 0.05) is 0 Å². The van der Waals surface area contributed by atoms with Gasteiger partial charge in [-0.05, 0) is 10.8 Å². The fourth-order valence-corrected chi connectivity index (χ4v) is 4.12. The molecule has 34 heavy (non-hydrogen) atoms. The third-order valence-electron chi connectivity index (χ3n) is 5.44. The van der Waals surface area contributed by atoms with Crippen LogP contribution in [0, 0.1) is 13.8 Å². The van der Waals surface area contributed by atoms with E-state index < -0.39 is 0 Å². The van der Waals surface area contributed by atoms with Crippen LogP contribution in [0.1, 0.15) is 11.1 Å². The molecular weight excluding hydrogens is 551 g/mol. The molecule has 0 aliphatic rings. The first-order valence-electron chi connectivity index (χ1n) is 11.0. The average molecular weight is 579 g/mol. The number of hydrogen-bond donors (Lipinski definition) is 0. The molecule has 0 spiro atoms. The minimum absolute atomic E-state index is 0. The standard InChI is InChI=1S/2C14H11.C2H6Si.2ClH.Zr/c2*1-10-6-13-8-11-4-2-3-5-12(11)9-14(13)7-10;1-3-2;;;/h2*2-9H,1H3;1-2H3;2*1H;/q2*-1;;;;+2/p-2. The molecule has 6 aromatic carbocycles. The molecule has 0 aliphatic carbocycles. The Kier molecular flexibility index (Phi) is 10.8. The van der Waals surface area contributed by atoms with Crippen LogP contribution in [0.2, 0.25) is 13.1 Å². The van der Waals surface area contributed by atoms with Gasteiger partial charge in [0.1, 0.15) is 0 Å². The third kappa shape index (κ3) is 7.15. The van der Waals surface area contributed by atoms with Crippen molar-refractivity contribution in [2.75, 3.05) is 0 Å². The summed E-state index contributed by atoms with van der Waals surface area (Å²) in [5.74, 6) is 0. The monoisotopic (exact) mass is 576 g/mol. The Balaban J connectivity index is 0.000000198. The number of halogens is 2. The smallest absolute Gasteiger partial charge is 0.0370 e. The second kappa shape index (κ2) is 12.8. The quantitative estimate of drug-likeness (QED) is 0.192. The Labute approximate surface area is 230 Å². The number of hydrogen-bond acceptors (Lipinski definition) is 0. The Morgan fingerprint density at radius 2 is 0.824 bits per heavy atom. The normalized spacial score (nSPS) is 10.1. The van der Waals surface area contributed by atoms with Gasteiger partial charge in [0.2, 0.25) is 0 Å². The molecule has 0 atom stereocenters. The van der Waals surface area contributed by atoms with E-state index >= 15 is 0 Å². The molecule has 6 aromatic rings. The Hall–Kier alpha value is -1.70. The first kappa shape index (κ1) is 28.5. The number of rotatable bonds is 0. The van der Waals surface area contributed by atoms with Crippen LogP contribution in [0.25, 0.3) is 43.1 Å². The van der Waals surface area contributed by atoms with E-state index in [9.17, 15) is 0 Å². The summed E-state index contributed by atoms with van der Waals surface area (Å²) in [7, 11) is 0. The van der Waals surface area contributed by atoms with Crippen LogP contribution in [0.15, 0.2) is 97.1 Å². The van der Waals surface area contributed by atoms with Crippen LogP contribution < -0.4 is 24.8 Å². The van der Waals surface area contributed by atoms with Gasteiger partial charge in [-0.2, -0.15) is 12.1 Å². The minimum Gasteiger partial charge on any atom is -1.00 e. The van der Waals surface area contributed by atoms with Crippen molar-refractivity contribution in [1.29, 1.82) is 0 Å². The second-order valence-electron chi connectivity index (χ2n) is 8.72. The van der Waals surface area contributed by atoms with E-state index in [1.54, 1.807) is 23.3 Å². The summed E-state index contributed by atoms with van der Waals surface area (Å²) in [6, 6.07) is 35.0. The summed E-state index contributed by atoms with van der Waals surface area (Å²) in [5.41, 5.74) is 2.90. The van der Waals surface area contributed by atoms with E-state index in [0.29, 0.717) is 0 Å². The Morgan fingerprint density at radius 1 is 0.529 bits per heavy atom. The van der Waals surface area contributed by atoms with Crippen LogP contribution >= 0.6 is 0 Å². The second-order valence-corrected chi connectivity index (χ2v) is 18.1. The first-order valence-corrected chi connectivity index (χ1v) is 17.2. The molecule has 0 aromatic heterocycles. The summed E-state index contributed by atoms with van der Waals surface area (Å²) in [6.45, 7) is 8.90. The van der Waals surface area contributed by atoms with E-state index in [2.05, 4.69) is 124 Å². The fourth-order valence-electron chi connectivity index (χ4n) is 4.12. The van der Waals surface area contributed by atoms with E-state index in [1.807, 2.05) is 0 Å². The van der Waals surface area contributed by atoms with Gasteiger partial charge in [-0.25, -0.2) is 0 Å². The Morgan fingerprint density at radius 3 is 1.15 bits per heavy atom. The van der Waals surface area contributed by atoms with Crippen molar-refractivity contribution in [2.24, 2.45) is 0 Å². The van der Waals surface area contributed by atoms with Crippen molar-refractivity contribution in [1.82, 2.24) is 0 Å². The SMILES string of the molecule is C[Si](C)=[Zr+2].Cc1cc2cc3ccccc3cc2[cH-]1.Cc1cc2cc3ccccc3cc2[cH-]1.[Cl-].[Cl-]. The van der Waals surface area contributed by atoms with Gasteiger partial charge in [0.25, 0.3) is 0 Å². The molecule has 0 bridgehead atoms. The molecule has 0 radical (unpaired) electrons. The van der Waals surface area contributed by atoms with Gasteiger partial charge >= 0.3 is 41.9 Å². The summed E-state index contributed by atoms with van der Waals surface area (Å²) < 4.78 is 0. The molecule has 0 unspecified atom stereocenters. The van der Waals surface area contributed by atoms with Crippen LogP contribution in [-0.4, -0.2) is 5.43 Å². The zero-order chi connectivity index (χ0) is 22.7. The van der Waals surface area contributed by atoms with Gasteiger partial charge in [-0.1, -0.05) is 85.3 Å². The van der Waals surface area contributed by atoms with Gasteiger partial charge in [0.15, 0.2) is 0 Å². The van der Waals surface area contributed by atoms with E-state index in [4.69, 9.17) is 0 Å². The van der Waals surface area contributed by atoms with E-state index in [1.165, 1.54) is 54.2 Å². The molecule has 0 saturated carbocycles. The first-order chi connectivity index (χ1) is 15.4. The van der Waals surface area contributed by atoms with Crippen LogP contribution in [0.4, 0.5) is 0 Å². The van der Waals surface area contributed by atoms with Crippen LogP contribution in [0.5, 0.6) is 0 Å². The van der Waals surface area contributed by atoms with Gasteiger partial charge < -0.3 is 24.8 Å². The summed E-state index contributed by atoms with van der Waals surface area (Å²) >= 11 is 1.74. The molecule has 0 amide bonds. The number of fused-ring (bicyclic) bond motifs is 4. The fraction of sp³-hybridized carbons (Fsp3) is 0.133. The molecule has 0 nitrogen and oxygen atoms in total. The molecule has 0 saturated heterocycles. The zero-order valence-electron chi connectivity index (χ0n) is 20.0. The maximum absolute atomic E-state index is 2.31. The van der Waals surface area contributed by atoms with Gasteiger partial charge in [-0.3, -0.25) is 0 Å². The molecule has 0 heterocycles. The summed E-state index contributed by atoms with van der Waals surface area (Å²) in [5, 5.41) is 10.7. The number of aryl methyl sites for hydroxylation is 2. The van der Waals surface area contributed by atoms with Crippen molar-refractivity contribution < 1.29 is 48.1 Å². The van der Waals surface area contributed by atoms with Crippen molar-refractivity contribution in [3.63, 3.8) is 0 Å². The maximum atomic E-state index is 2.31. The summed E-state index contributed by atoms with van der Waals surface area (Å²) in [4.78, 5) is 0. The average Bonchev–Trinajstić information content (AvgIpc) is 3.29. The summed E-state index contributed by atoms with van der Waals surface area (Å²) in [6.07, 6.45) is 0. The van der Waals surface area contributed by atoms with Gasteiger partial charge in [0.05, 0.1) is 0 Å². The van der Waals surface area contributed by atoms with Crippen molar-refractivity contribution >= 4 is 48.5 Å². The predicted molar refractivity (Wildman–Crippen MR) is 141 cm³/mol. The topological polar surface area (TPSA) is 0 Å². The predicted octanol–water partition coefficient (Wildman–Crippen LogP) is 2.83. The maximum Gasteiger partial charge on any atom is -0.0370 e. The van der Waals surface area contributed by atoms with Crippen molar-refractivity contribution in [2.45, 2.75) is 26.9 Å². The molecule has 0 N–H and O–H groups in total.